The number of rotatable bonds is 1. The van der Waals surface area contributed by atoms with E-state index in [2.05, 4.69) is 4.98 Å². The average Bonchev–Trinajstić information content (AvgIpc) is 2.17. The quantitative estimate of drug-likeness (QED) is 0.802. The van der Waals surface area contributed by atoms with Gasteiger partial charge in [-0.05, 0) is 43.7 Å². The molecule has 0 saturated heterocycles. The molecule has 2 N–H and O–H groups in total. The number of nitrogens with two attached hydrogens (primary N) is 1. The maximum Gasteiger partial charge on any atom is 0.0709 e. The normalized spacial score (nSPS) is 13.1. The molecule has 1 heterocycles. The summed E-state index contributed by atoms with van der Waals surface area (Å²) >= 11 is 5.97. The van der Waals surface area contributed by atoms with Crippen molar-refractivity contribution in [1.29, 1.82) is 0 Å². The summed E-state index contributed by atoms with van der Waals surface area (Å²) < 4.78 is 0. The number of aromatic nitrogens is 1. The van der Waals surface area contributed by atoms with Gasteiger partial charge in [-0.2, -0.15) is 0 Å². The second-order valence-corrected chi connectivity index (χ2v) is 4.24. The molecular weight excluding hydrogens is 208 g/mol. The molecule has 2 nitrogen and oxygen atoms in total. The van der Waals surface area contributed by atoms with E-state index in [9.17, 15) is 0 Å². The summed E-state index contributed by atoms with van der Waals surface area (Å²) in [7, 11) is 0. The molecule has 0 saturated carbocycles. The molecule has 1 aromatic carbocycles. The fourth-order valence-electron chi connectivity index (χ4n) is 1.74. The Morgan fingerprint density at radius 2 is 2.07 bits per heavy atom. The first kappa shape index (κ1) is 10.4. The Balaban J connectivity index is 2.81. The lowest BCUT2D eigenvalue weighted by molar-refractivity contribution is 0.823. The van der Waals surface area contributed by atoms with Crippen LogP contribution in [-0.4, -0.2) is 4.98 Å². The van der Waals surface area contributed by atoms with E-state index in [1.807, 2.05) is 38.1 Å². The highest BCUT2D eigenvalue weighted by atomic mass is 35.5. The molecule has 1 aromatic heterocycles. The van der Waals surface area contributed by atoms with Crippen molar-refractivity contribution < 1.29 is 0 Å². The van der Waals surface area contributed by atoms with E-state index in [1.54, 1.807) is 0 Å². The summed E-state index contributed by atoms with van der Waals surface area (Å²) in [4.78, 5) is 4.45. The SMILES string of the molecule is Cc1cc(C(C)N)c2cc(Cl)ccc2n1. The van der Waals surface area contributed by atoms with E-state index < -0.39 is 0 Å². The number of benzene rings is 1. The van der Waals surface area contributed by atoms with Gasteiger partial charge in [0.1, 0.15) is 0 Å². The molecule has 3 heteroatoms. The highest BCUT2D eigenvalue weighted by Crippen LogP contribution is 2.25. The van der Waals surface area contributed by atoms with Crippen molar-refractivity contribution in [2.45, 2.75) is 19.9 Å². The van der Waals surface area contributed by atoms with Gasteiger partial charge >= 0.3 is 0 Å². The van der Waals surface area contributed by atoms with Crippen molar-refractivity contribution in [3.05, 3.63) is 40.5 Å². The lowest BCUT2D eigenvalue weighted by Gasteiger charge is -2.11. The molecule has 0 amide bonds. The molecule has 0 aliphatic heterocycles. The maximum absolute atomic E-state index is 5.97. The number of fused-ring (bicyclic) bond motifs is 1. The molecule has 1 atom stereocenters. The summed E-state index contributed by atoms with van der Waals surface area (Å²) in [6, 6.07) is 7.70. The Morgan fingerprint density at radius 3 is 2.73 bits per heavy atom. The van der Waals surface area contributed by atoms with Gasteiger partial charge in [0.05, 0.1) is 5.52 Å². The summed E-state index contributed by atoms with van der Waals surface area (Å²) in [6.45, 7) is 3.94. The summed E-state index contributed by atoms with van der Waals surface area (Å²) in [6.07, 6.45) is 0. The van der Waals surface area contributed by atoms with E-state index in [1.165, 1.54) is 0 Å². The first-order valence-corrected chi connectivity index (χ1v) is 5.28. The topological polar surface area (TPSA) is 38.9 Å². The van der Waals surface area contributed by atoms with Crippen LogP contribution in [0.4, 0.5) is 0 Å². The molecule has 0 aliphatic carbocycles. The van der Waals surface area contributed by atoms with Gasteiger partial charge in [0.15, 0.2) is 0 Å². The zero-order chi connectivity index (χ0) is 11.0. The largest absolute Gasteiger partial charge is 0.324 e. The van der Waals surface area contributed by atoms with Crippen LogP contribution >= 0.6 is 11.6 Å². The summed E-state index contributed by atoms with van der Waals surface area (Å²) in [5.74, 6) is 0. The van der Waals surface area contributed by atoms with Crippen LogP contribution in [0.3, 0.4) is 0 Å². The van der Waals surface area contributed by atoms with Crippen LogP contribution in [0.2, 0.25) is 5.02 Å². The van der Waals surface area contributed by atoms with Crippen LogP contribution in [0, 0.1) is 6.92 Å². The van der Waals surface area contributed by atoms with E-state index in [4.69, 9.17) is 17.3 Å². The van der Waals surface area contributed by atoms with E-state index in [0.717, 1.165) is 27.2 Å². The van der Waals surface area contributed by atoms with Crippen molar-refractivity contribution >= 4 is 22.5 Å². The average molecular weight is 221 g/mol. The van der Waals surface area contributed by atoms with Gasteiger partial charge < -0.3 is 5.73 Å². The van der Waals surface area contributed by atoms with Gasteiger partial charge in [-0.1, -0.05) is 11.6 Å². The fourth-order valence-corrected chi connectivity index (χ4v) is 1.91. The molecular formula is C12H13ClN2. The van der Waals surface area contributed by atoms with Crippen LogP contribution in [-0.2, 0) is 0 Å². The Bertz CT molecular complexity index is 506. The highest BCUT2D eigenvalue weighted by Gasteiger charge is 2.07. The van der Waals surface area contributed by atoms with Crippen molar-refractivity contribution in [3.63, 3.8) is 0 Å². The van der Waals surface area contributed by atoms with Gasteiger partial charge in [0.25, 0.3) is 0 Å². The molecule has 0 aliphatic rings. The number of hydrogen-bond acceptors (Lipinski definition) is 2. The Kier molecular flexibility index (Phi) is 2.63. The molecule has 1 unspecified atom stereocenters. The van der Waals surface area contributed by atoms with Gasteiger partial charge in [0, 0.05) is 22.1 Å². The summed E-state index contributed by atoms with van der Waals surface area (Å²) in [5.41, 5.74) is 8.96. The van der Waals surface area contributed by atoms with E-state index in [0.29, 0.717) is 0 Å². The first-order valence-electron chi connectivity index (χ1n) is 4.90. The van der Waals surface area contributed by atoms with Crippen LogP contribution in [0.25, 0.3) is 10.9 Å². The third-order valence-electron chi connectivity index (χ3n) is 2.42. The van der Waals surface area contributed by atoms with Crippen LogP contribution in [0.15, 0.2) is 24.3 Å². The molecule has 78 valence electrons. The van der Waals surface area contributed by atoms with Crippen LogP contribution < -0.4 is 5.73 Å². The minimum Gasteiger partial charge on any atom is -0.324 e. The molecule has 2 rings (SSSR count). The minimum atomic E-state index is -0.00679. The number of aryl methyl sites for hydroxylation is 1. The third-order valence-corrected chi connectivity index (χ3v) is 2.66. The predicted octanol–water partition coefficient (Wildman–Crippen LogP) is 3.22. The van der Waals surface area contributed by atoms with Crippen molar-refractivity contribution in [1.82, 2.24) is 4.98 Å². The zero-order valence-corrected chi connectivity index (χ0v) is 9.55. The first-order chi connectivity index (χ1) is 7.08. The Labute approximate surface area is 94.1 Å². The van der Waals surface area contributed by atoms with Crippen molar-refractivity contribution in [3.8, 4) is 0 Å². The molecule has 0 spiro atoms. The van der Waals surface area contributed by atoms with Gasteiger partial charge in [-0.15, -0.1) is 0 Å². The molecule has 0 bridgehead atoms. The lowest BCUT2D eigenvalue weighted by atomic mass is 10.0. The third kappa shape index (κ3) is 1.96. The predicted molar refractivity (Wildman–Crippen MR) is 64.1 cm³/mol. The second kappa shape index (κ2) is 3.80. The molecule has 2 aromatic rings. The summed E-state index contributed by atoms with van der Waals surface area (Å²) in [5, 5.41) is 1.76. The van der Waals surface area contributed by atoms with Gasteiger partial charge in [0.2, 0.25) is 0 Å². The number of halogens is 1. The van der Waals surface area contributed by atoms with Crippen LogP contribution in [0.5, 0.6) is 0 Å². The minimum absolute atomic E-state index is 0.00679. The van der Waals surface area contributed by atoms with Crippen molar-refractivity contribution in [2.24, 2.45) is 5.73 Å². The zero-order valence-electron chi connectivity index (χ0n) is 8.79. The Morgan fingerprint density at radius 1 is 1.33 bits per heavy atom. The Hall–Kier alpha value is -1.12. The highest BCUT2D eigenvalue weighted by molar-refractivity contribution is 6.31. The molecule has 0 fully saturated rings. The number of hydrogen-bond donors (Lipinski definition) is 1. The lowest BCUT2D eigenvalue weighted by Crippen LogP contribution is -2.06. The molecule has 0 radical (unpaired) electrons. The van der Waals surface area contributed by atoms with Crippen molar-refractivity contribution in [2.75, 3.05) is 0 Å². The fraction of sp³-hybridized carbons (Fsp3) is 0.250. The second-order valence-electron chi connectivity index (χ2n) is 3.80. The van der Waals surface area contributed by atoms with Gasteiger partial charge in [-0.25, -0.2) is 0 Å². The number of pyridine rings is 1. The van der Waals surface area contributed by atoms with E-state index >= 15 is 0 Å². The van der Waals surface area contributed by atoms with Crippen LogP contribution in [0.1, 0.15) is 24.2 Å². The van der Waals surface area contributed by atoms with E-state index in [-0.39, 0.29) is 6.04 Å². The standard InChI is InChI=1S/C12H13ClN2/c1-7-5-10(8(2)14)11-6-9(13)3-4-12(11)15-7/h3-6,8H,14H2,1-2H3. The van der Waals surface area contributed by atoms with Gasteiger partial charge in [-0.3, -0.25) is 4.98 Å². The monoisotopic (exact) mass is 220 g/mol. The number of nitrogens with zero attached hydrogens (tertiary/aromatic N) is 1. The maximum atomic E-state index is 5.97. The smallest absolute Gasteiger partial charge is 0.0709 e. The molecule has 15 heavy (non-hydrogen) atoms.